The summed E-state index contributed by atoms with van der Waals surface area (Å²) in [5.41, 5.74) is 3.89. The van der Waals surface area contributed by atoms with E-state index in [1.54, 1.807) is 6.07 Å². The summed E-state index contributed by atoms with van der Waals surface area (Å²) in [7, 11) is 0. The molecular formula is C26H28FN3O4. The van der Waals surface area contributed by atoms with Crippen LogP contribution in [-0.4, -0.2) is 50.0 Å². The van der Waals surface area contributed by atoms with Crippen molar-refractivity contribution in [3.05, 3.63) is 59.5 Å². The first-order chi connectivity index (χ1) is 16.6. The zero-order chi connectivity index (χ0) is 23.5. The minimum absolute atomic E-state index is 0.225. The van der Waals surface area contributed by atoms with Crippen LogP contribution in [0.5, 0.6) is 11.5 Å². The molecule has 2 aliphatic rings. The lowest BCUT2D eigenvalue weighted by atomic mass is 10.0. The monoisotopic (exact) mass is 465 g/mol. The molecule has 1 amide bonds. The Hall–Kier alpha value is -3.55. The van der Waals surface area contributed by atoms with Crippen LogP contribution in [0, 0.1) is 12.7 Å². The van der Waals surface area contributed by atoms with Gasteiger partial charge in [0.05, 0.1) is 18.7 Å². The van der Waals surface area contributed by atoms with Gasteiger partial charge in [0, 0.05) is 29.9 Å². The highest BCUT2D eigenvalue weighted by atomic mass is 19.1. The van der Waals surface area contributed by atoms with Crippen molar-refractivity contribution in [1.29, 1.82) is 0 Å². The molecule has 1 aromatic heterocycles. The molecule has 5 rings (SSSR count). The first-order valence-corrected chi connectivity index (χ1v) is 11.7. The third kappa shape index (κ3) is 4.85. The second-order valence-electron chi connectivity index (χ2n) is 8.70. The molecule has 3 heterocycles. The number of anilines is 1. The van der Waals surface area contributed by atoms with E-state index in [-0.39, 0.29) is 25.1 Å². The van der Waals surface area contributed by atoms with Crippen LogP contribution < -0.4 is 19.7 Å². The number of benzene rings is 2. The molecule has 2 aliphatic heterocycles. The third-order valence-corrected chi connectivity index (χ3v) is 6.18. The molecular weight excluding hydrogens is 437 g/mol. The number of rotatable bonds is 6. The van der Waals surface area contributed by atoms with Crippen LogP contribution in [0.15, 0.2) is 42.5 Å². The summed E-state index contributed by atoms with van der Waals surface area (Å²) < 4.78 is 30.9. The largest absolute Gasteiger partial charge is 0.486 e. The molecule has 0 radical (unpaired) electrons. The molecule has 2 aromatic carbocycles. The maximum Gasteiger partial charge on any atom is 0.407 e. The minimum Gasteiger partial charge on any atom is -0.486 e. The summed E-state index contributed by atoms with van der Waals surface area (Å²) >= 11 is 0. The molecule has 1 atom stereocenters. The molecule has 0 saturated carbocycles. The second kappa shape index (κ2) is 9.75. The lowest BCUT2D eigenvalue weighted by Gasteiger charge is -2.31. The number of aryl methyl sites for hydroxylation is 2. The van der Waals surface area contributed by atoms with Gasteiger partial charge in [-0.2, -0.15) is 0 Å². The van der Waals surface area contributed by atoms with Gasteiger partial charge in [0.15, 0.2) is 17.6 Å². The molecule has 0 saturated heterocycles. The summed E-state index contributed by atoms with van der Waals surface area (Å²) in [6.45, 7) is 4.43. The quantitative estimate of drug-likeness (QED) is 0.545. The smallest absolute Gasteiger partial charge is 0.407 e. The zero-order valence-electron chi connectivity index (χ0n) is 19.2. The number of amides is 1. The molecule has 34 heavy (non-hydrogen) atoms. The van der Waals surface area contributed by atoms with Gasteiger partial charge in [-0.15, -0.1) is 0 Å². The number of fused-ring (bicyclic) bond motifs is 4. The number of carbonyl (C=O) groups excluding carboxylic acids is 1. The fraction of sp³-hybridized carbons (Fsp3) is 0.385. The Balaban J connectivity index is 1.08. The van der Waals surface area contributed by atoms with Gasteiger partial charge in [0.1, 0.15) is 12.4 Å². The average molecular weight is 466 g/mol. The zero-order valence-corrected chi connectivity index (χ0v) is 19.2. The van der Waals surface area contributed by atoms with Crippen LogP contribution in [0.4, 0.5) is 14.9 Å². The van der Waals surface area contributed by atoms with Crippen molar-refractivity contribution in [1.82, 2.24) is 10.3 Å². The summed E-state index contributed by atoms with van der Waals surface area (Å²) in [5.74, 6) is 1.10. The molecule has 0 fully saturated rings. The lowest BCUT2D eigenvalue weighted by molar-refractivity contribution is 0.0873. The van der Waals surface area contributed by atoms with Crippen molar-refractivity contribution in [2.45, 2.75) is 32.3 Å². The lowest BCUT2D eigenvalue weighted by Crippen LogP contribution is -2.41. The maximum atomic E-state index is 13.6. The van der Waals surface area contributed by atoms with Crippen molar-refractivity contribution in [3.63, 3.8) is 0 Å². The van der Waals surface area contributed by atoms with E-state index in [1.165, 1.54) is 11.6 Å². The van der Waals surface area contributed by atoms with Gasteiger partial charge < -0.3 is 24.4 Å². The van der Waals surface area contributed by atoms with Crippen LogP contribution in [0.25, 0.3) is 10.9 Å². The maximum absolute atomic E-state index is 13.6. The van der Waals surface area contributed by atoms with E-state index < -0.39 is 6.09 Å². The van der Waals surface area contributed by atoms with Crippen molar-refractivity contribution < 1.29 is 23.4 Å². The Morgan fingerprint density at radius 1 is 1.26 bits per heavy atom. The number of carbonyl (C=O) groups is 1. The minimum atomic E-state index is -0.491. The first-order valence-electron chi connectivity index (χ1n) is 11.7. The predicted octanol–water partition coefficient (Wildman–Crippen LogP) is 4.39. The molecule has 0 unspecified atom stereocenters. The van der Waals surface area contributed by atoms with Gasteiger partial charge in [-0.25, -0.2) is 9.18 Å². The van der Waals surface area contributed by atoms with Crippen LogP contribution in [0.2, 0.25) is 0 Å². The normalized spacial score (nSPS) is 16.8. The summed E-state index contributed by atoms with van der Waals surface area (Å²) in [5, 5.41) is 3.64. The molecule has 7 nitrogen and oxygen atoms in total. The van der Waals surface area contributed by atoms with E-state index in [1.807, 2.05) is 37.3 Å². The number of nitrogens with zero attached hydrogens (tertiary/aromatic N) is 2. The Labute approximate surface area is 197 Å². The van der Waals surface area contributed by atoms with Gasteiger partial charge >= 0.3 is 6.09 Å². The Kier molecular flexibility index (Phi) is 6.38. The number of hydrogen-bond donors (Lipinski definition) is 1. The van der Waals surface area contributed by atoms with Gasteiger partial charge in [-0.1, -0.05) is 6.07 Å². The van der Waals surface area contributed by atoms with Crippen LogP contribution in [0.1, 0.15) is 24.1 Å². The number of nitrogens with one attached hydrogen (secondary N) is 1. The van der Waals surface area contributed by atoms with Crippen molar-refractivity contribution in [3.8, 4) is 11.5 Å². The van der Waals surface area contributed by atoms with E-state index >= 15 is 0 Å². The molecule has 8 heteroatoms. The number of hydrogen-bond acceptors (Lipinski definition) is 6. The number of ether oxygens (including phenoxy) is 3. The standard InChI is InChI=1S/C26H28FN3O4/c1-17-5-8-21-22(29-17)9-10-24-25(21)34-20(16-33-24)15-28-26(31)32-13-3-12-30-11-2-4-18-6-7-19(27)14-23(18)30/h5-10,14,20H,2-4,11-13,15-16H2,1H3,(H,28,31)/t20-/m0/s1. The summed E-state index contributed by atoms with van der Waals surface area (Å²) in [6.07, 6.45) is 1.85. The Morgan fingerprint density at radius 2 is 2.18 bits per heavy atom. The molecule has 0 bridgehead atoms. The van der Waals surface area contributed by atoms with Gasteiger partial charge in [0.25, 0.3) is 0 Å². The van der Waals surface area contributed by atoms with Crippen molar-refractivity contribution in [2.75, 3.05) is 37.7 Å². The van der Waals surface area contributed by atoms with E-state index in [4.69, 9.17) is 14.2 Å². The van der Waals surface area contributed by atoms with E-state index in [2.05, 4.69) is 15.2 Å². The predicted molar refractivity (Wildman–Crippen MR) is 127 cm³/mol. The SMILES string of the molecule is Cc1ccc2c3c(ccc2n1)OC[C@H](CNC(=O)OCCCN1CCCc2ccc(F)cc21)O3. The fourth-order valence-corrected chi connectivity index (χ4v) is 4.50. The van der Waals surface area contributed by atoms with Crippen molar-refractivity contribution >= 4 is 22.7 Å². The first kappa shape index (κ1) is 22.3. The van der Waals surface area contributed by atoms with Gasteiger partial charge in [0.2, 0.25) is 0 Å². The van der Waals surface area contributed by atoms with Crippen LogP contribution >= 0.6 is 0 Å². The van der Waals surface area contributed by atoms with Gasteiger partial charge in [-0.05, 0) is 68.1 Å². The summed E-state index contributed by atoms with van der Waals surface area (Å²) in [4.78, 5) is 18.9. The molecule has 0 spiro atoms. The molecule has 178 valence electrons. The molecule has 1 N–H and O–H groups in total. The second-order valence-corrected chi connectivity index (χ2v) is 8.70. The number of aromatic nitrogens is 1. The fourth-order valence-electron chi connectivity index (χ4n) is 4.50. The highest BCUT2D eigenvalue weighted by Gasteiger charge is 2.24. The third-order valence-electron chi connectivity index (χ3n) is 6.18. The van der Waals surface area contributed by atoms with E-state index in [0.29, 0.717) is 31.1 Å². The van der Waals surface area contributed by atoms with E-state index in [9.17, 15) is 9.18 Å². The number of pyridine rings is 1. The highest BCUT2D eigenvalue weighted by Crippen LogP contribution is 2.38. The average Bonchev–Trinajstić information content (AvgIpc) is 2.85. The molecule has 3 aromatic rings. The van der Waals surface area contributed by atoms with Crippen molar-refractivity contribution in [2.24, 2.45) is 0 Å². The number of halogens is 1. The van der Waals surface area contributed by atoms with Gasteiger partial charge in [-0.3, -0.25) is 4.98 Å². The Morgan fingerprint density at radius 3 is 3.09 bits per heavy atom. The van der Waals surface area contributed by atoms with E-state index in [0.717, 1.165) is 41.7 Å². The highest BCUT2D eigenvalue weighted by molar-refractivity contribution is 5.88. The van der Waals surface area contributed by atoms with Crippen LogP contribution in [-0.2, 0) is 11.2 Å². The van der Waals surface area contributed by atoms with Crippen LogP contribution in [0.3, 0.4) is 0 Å². The Bertz CT molecular complexity index is 1200. The molecule has 0 aliphatic carbocycles. The summed E-state index contributed by atoms with van der Waals surface area (Å²) in [6, 6.07) is 12.6. The number of alkyl carbamates (subject to hydrolysis) is 1. The topological polar surface area (TPSA) is 72.9 Å².